The van der Waals surface area contributed by atoms with Crippen LogP contribution in [0.5, 0.6) is 0 Å². The number of esters is 1. The Labute approximate surface area is 470 Å². The van der Waals surface area contributed by atoms with Crippen LogP contribution in [-0.4, -0.2) is 69.4 Å². The highest BCUT2D eigenvalue weighted by molar-refractivity contribution is 7.45. The molecule has 10 heteroatoms. The predicted octanol–water partition coefficient (Wildman–Crippen LogP) is 19.0. The number of likely N-dealkylation sites (N-methyl/N-ethyl adjacent to an activating group) is 1. The van der Waals surface area contributed by atoms with Gasteiger partial charge in [-0.2, -0.15) is 0 Å². The van der Waals surface area contributed by atoms with Crippen molar-refractivity contribution in [3.05, 3.63) is 72.9 Å². The molecular formula is C66H121N2O7P. The number of rotatable bonds is 57. The number of quaternary nitrogens is 1. The van der Waals surface area contributed by atoms with E-state index in [4.69, 9.17) is 13.8 Å². The molecule has 0 saturated carbocycles. The molecule has 0 aromatic heterocycles. The monoisotopic (exact) mass is 1080 g/mol. The average molecular weight is 1090 g/mol. The Hall–Kier alpha value is -2.55. The lowest BCUT2D eigenvalue weighted by Gasteiger charge is -2.30. The van der Waals surface area contributed by atoms with E-state index >= 15 is 0 Å². The Morgan fingerprint density at radius 3 is 1.29 bits per heavy atom. The van der Waals surface area contributed by atoms with E-state index in [1.54, 1.807) is 0 Å². The summed E-state index contributed by atoms with van der Waals surface area (Å²) in [6, 6.07) is -0.898. The zero-order chi connectivity index (χ0) is 55.7. The minimum Gasteiger partial charge on any atom is -0.756 e. The normalized spacial score (nSPS) is 14.1. The van der Waals surface area contributed by atoms with Crippen LogP contribution in [0.3, 0.4) is 0 Å². The lowest BCUT2D eigenvalue weighted by Crippen LogP contribution is -2.47. The Kier molecular flexibility index (Phi) is 53.9. The van der Waals surface area contributed by atoms with Crippen LogP contribution in [0, 0.1) is 0 Å². The summed E-state index contributed by atoms with van der Waals surface area (Å²) in [5.74, 6) is -0.554. The number of nitrogens with zero attached hydrogens (tertiary/aromatic N) is 1. The van der Waals surface area contributed by atoms with Crippen molar-refractivity contribution >= 4 is 19.7 Å². The fourth-order valence-corrected chi connectivity index (χ4v) is 9.70. The molecule has 0 saturated heterocycles. The molecule has 0 bridgehead atoms. The van der Waals surface area contributed by atoms with Crippen LogP contribution in [0.1, 0.15) is 284 Å². The van der Waals surface area contributed by atoms with Gasteiger partial charge in [0.2, 0.25) is 5.91 Å². The van der Waals surface area contributed by atoms with Gasteiger partial charge in [0.1, 0.15) is 19.3 Å². The number of amides is 1. The largest absolute Gasteiger partial charge is 0.756 e. The van der Waals surface area contributed by atoms with E-state index in [1.165, 1.54) is 141 Å². The van der Waals surface area contributed by atoms with Crippen molar-refractivity contribution < 1.29 is 37.3 Å². The molecule has 442 valence electrons. The van der Waals surface area contributed by atoms with Crippen molar-refractivity contribution in [3.63, 3.8) is 0 Å². The van der Waals surface area contributed by atoms with E-state index < -0.39 is 26.6 Å². The fraction of sp³-hybridized carbons (Fsp3) is 0.788. The van der Waals surface area contributed by atoms with E-state index in [0.717, 1.165) is 109 Å². The smallest absolute Gasteiger partial charge is 0.306 e. The summed E-state index contributed by atoms with van der Waals surface area (Å²) in [5, 5.41) is 3.02. The predicted molar refractivity (Wildman–Crippen MR) is 325 cm³/mol. The zero-order valence-electron chi connectivity index (χ0n) is 50.4. The molecule has 0 fully saturated rings. The summed E-state index contributed by atoms with van der Waals surface area (Å²) in [6.45, 7) is 6.71. The lowest BCUT2D eigenvalue weighted by molar-refractivity contribution is -0.870. The van der Waals surface area contributed by atoms with Gasteiger partial charge in [0, 0.05) is 12.8 Å². The topological polar surface area (TPSA) is 114 Å². The molecule has 0 heterocycles. The first-order chi connectivity index (χ1) is 36.9. The highest BCUT2D eigenvalue weighted by Crippen LogP contribution is 2.38. The van der Waals surface area contributed by atoms with Gasteiger partial charge in [-0.1, -0.05) is 248 Å². The summed E-state index contributed by atoms with van der Waals surface area (Å²) in [7, 11) is 1.17. The second-order valence-corrected chi connectivity index (χ2v) is 23.9. The van der Waals surface area contributed by atoms with Crippen LogP contribution in [0.15, 0.2) is 72.9 Å². The molecule has 0 radical (unpaired) electrons. The second kappa shape index (κ2) is 55.8. The minimum atomic E-state index is -4.71. The molecule has 3 unspecified atom stereocenters. The minimum absolute atomic E-state index is 0.0272. The standard InChI is InChI=1S/C66H121N2O7P/c1-7-10-13-16-19-22-25-28-30-32-33-34-35-36-38-41-44-47-50-53-56-59-66(70)75-64(57-54-51-48-45-42-39-27-24-21-18-15-12-9-3)63(62-74-76(71,72)73-61-60-68(4,5)6)67-65(69)58-55-52-49-46-43-40-37-31-29-26-23-20-17-14-11-8-2/h11,14,19-20,22-23,28-31,54,57,63-64H,7-10,12-13,15-18,21,24-27,32-53,55-56,58-62H2,1-6H3,(H-,67,69,71,72)/b14-11+,22-19-,23-20+,30-28-,31-29+,57-54+. The molecule has 1 amide bonds. The molecule has 1 N–H and O–H groups in total. The summed E-state index contributed by atoms with van der Waals surface area (Å²) in [6.07, 6.45) is 71.5. The van der Waals surface area contributed by atoms with Gasteiger partial charge in [-0.3, -0.25) is 14.2 Å². The van der Waals surface area contributed by atoms with Crippen molar-refractivity contribution in [2.24, 2.45) is 0 Å². The van der Waals surface area contributed by atoms with Gasteiger partial charge in [0.05, 0.1) is 33.8 Å². The van der Waals surface area contributed by atoms with E-state index in [2.05, 4.69) is 86.8 Å². The number of carbonyl (C=O) groups is 2. The molecular weight excluding hydrogens is 964 g/mol. The first-order valence-corrected chi connectivity index (χ1v) is 33.2. The van der Waals surface area contributed by atoms with E-state index in [-0.39, 0.29) is 24.9 Å². The van der Waals surface area contributed by atoms with Crippen molar-refractivity contribution in [1.29, 1.82) is 0 Å². The summed E-state index contributed by atoms with van der Waals surface area (Å²) < 4.78 is 30.3. The van der Waals surface area contributed by atoms with Crippen LogP contribution in [0.25, 0.3) is 0 Å². The maximum Gasteiger partial charge on any atom is 0.306 e. The van der Waals surface area contributed by atoms with E-state index in [1.807, 2.05) is 33.3 Å². The van der Waals surface area contributed by atoms with Crippen LogP contribution in [0.4, 0.5) is 0 Å². The Morgan fingerprint density at radius 2 is 0.842 bits per heavy atom. The van der Waals surface area contributed by atoms with E-state index in [0.29, 0.717) is 17.4 Å². The second-order valence-electron chi connectivity index (χ2n) is 22.5. The highest BCUT2D eigenvalue weighted by atomic mass is 31.2. The van der Waals surface area contributed by atoms with Gasteiger partial charge in [0.15, 0.2) is 0 Å². The molecule has 0 aliphatic rings. The van der Waals surface area contributed by atoms with Gasteiger partial charge >= 0.3 is 5.97 Å². The number of hydrogen-bond acceptors (Lipinski definition) is 7. The zero-order valence-corrected chi connectivity index (χ0v) is 51.3. The Bertz CT molecular complexity index is 1530. The molecule has 0 aliphatic heterocycles. The maximum absolute atomic E-state index is 13.5. The first kappa shape index (κ1) is 73.5. The summed E-state index contributed by atoms with van der Waals surface area (Å²) in [5.41, 5.74) is 0. The van der Waals surface area contributed by atoms with Crippen LogP contribution in [0.2, 0.25) is 0 Å². The number of phosphoric ester groups is 1. The molecule has 76 heavy (non-hydrogen) atoms. The third-order valence-electron chi connectivity index (χ3n) is 13.9. The maximum atomic E-state index is 13.5. The van der Waals surface area contributed by atoms with Crippen LogP contribution >= 0.6 is 7.82 Å². The third kappa shape index (κ3) is 56.2. The lowest BCUT2D eigenvalue weighted by atomic mass is 10.0. The molecule has 3 atom stereocenters. The fourth-order valence-electron chi connectivity index (χ4n) is 8.98. The molecule has 0 spiro atoms. The number of carbonyl (C=O) groups excluding carboxylic acids is 2. The van der Waals surface area contributed by atoms with Crippen LogP contribution < -0.4 is 10.2 Å². The number of phosphoric acid groups is 1. The summed E-state index contributed by atoms with van der Waals surface area (Å²) >= 11 is 0. The Balaban J connectivity index is 5.25. The first-order valence-electron chi connectivity index (χ1n) is 31.7. The van der Waals surface area contributed by atoms with Gasteiger partial charge < -0.3 is 28.5 Å². The number of hydrogen-bond donors (Lipinski definition) is 1. The average Bonchev–Trinajstić information content (AvgIpc) is 3.38. The summed E-state index contributed by atoms with van der Waals surface area (Å²) in [4.78, 5) is 40.0. The molecule has 0 aromatic rings. The number of allylic oxidation sites excluding steroid dienone is 11. The molecule has 0 aromatic carbocycles. The third-order valence-corrected chi connectivity index (χ3v) is 14.8. The van der Waals surface area contributed by atoms with Crippen molar-refractivity contribution in [2.75, 3.05) is 40.9 Å². The Morgan fingerprint density at radius 1 is 0.474 bits per heavy atom. The van der Waals surface area contributed by atoms with Crippen molar-refractivity contribution in [2.45, 2.75) is 296 Å². The van der Waals surface area contributed by atoms with Crippen LogP contribution in [-0.2, 0) is 27.9 Å². The molecule has 9 nitrogen and oxygen atoms in total. The van der Waals surface area contributed by atoms with Crippen molar-refractivity contribution in [3.8, 4) is 0 Å². The SMILES string of the molecule is CC/C=C/C/C=C/C/C=C/CCCCCCCCC(=O)NC(COP(=O)([O-])OCC[N+](C)(C)C)C(/C=C/CCCCCCCCCCCCC)OC(=O)CCCCCCCCCCCCC/C=C\C/C=C\CCCCC. The van der Waals surface area contributed by atoms with Gasteiger partial charge in [0.25, 0.3) is 7.82 Å². The molecule has 0 aliphatic carbocycles. The van der Waals surface area contributed by atoms with Crippen molar-refractivity contribution in [1.82, 2.24) is 5.32 Å². The van der Waals surface area contributed by atoms with Gasteiger partial charge in [-0.25, -0.2) is 0 Å². The number of unbranched alkanes of at least 4 members (excludes halogenated alkanes) is 31. The van der Waals surface area contributed by atoms with E-state index in [9.17, 15) is 19.0 Å². The number of ether oxygens (including phenoxy) is 1. The highest BCUT2D eigenvalue weighted by Gasteiger charge is 2.27. The quantitative estimate of drug-likeness (QED) is 0.0212. The van der Waals surface area contributed by atoms with Gasteiger partial charge in [-0.15, -0.1) is 0 Å². The molecule has 0 rings (SSSR count). The number of nitrogens with one attached hydrogen (secondary N) is 1. The van der Waals surface area contributed by atoms with Gasteiger partial charge in [-0.05, 0) is 96.0 Å².